The molecule has 2 nitrogen and oxygen atoms in total. The number of halogens is 3. The van der Waals surface area contributed by atoms with Gasteiger partial charge in [-0.2, -0.15) is 13.2 Å². The molecule has 3 aromatic rings. The van der Waals surface area contributed by atoms with Crippen LogP contribution in [0.2, 0.25) is 0 Å². The summed E-state index contributed by atoms with van der Waals surface area (Å²) in [5.74, 6) is 0. The molecule has 0 heterocycles. The highest BCUT2D eigenvalue weighted by molar-refractivity contribution is 5.57. The lowest BCUT2D eigenvalue weighted by Crippen LogP contribution is -2.44. The molecule has 3 rings (SSSR count). The Hall–Kier alpha value is -2.89. The van der Waals surface area contributed by atoms with Crippen LogP contribution in [0, 0.1) is 0 Å². The van der Waals surface area contributed by atoms with Crippen LogP contribution in [0.3, 0.4) is 0 Å². The first kappa shape index (κ1) is 21.8. The van der Waals surface area contributed by atoms with Crippen LogP contribution in [0.15, 0.2) is 96.6 Å². The number of aliphatic hydroxyl groups excluding tert-OH is 1. The van der Waals surface area contributed by atoms with Crippen LogP contribution in [0.5, 0.6) is 0 Å². The normalized spacial score (nSPS) is 15.4. The maximum Gasteiger partial charge on any atom is 0.425 e. The number of hydrogen-bond donors (Lipinski definition) is 2. The number of hydrogen-bond acceptors (Lipinski definition) is 2. The third-order valence-electron chi connectivity index (χ3n) is 5.08. The van der Waals surface area contributed by atoms with Gasteiger partial charge in [0.25, 0.3) is 0 Å². The summed E-state index contributed by atoms with van der Waals surface area (Å²) < 4.78 is 42.7. The number of rotatable bonds is 7. The fourth-order valence-electron chi connectivity index (χ4n) is 3.45. The van der Waals surface area contributed by atoms with Crippen LogP contribution in [-0.2, 0) is 5.60 Å². The third kappa shape index (κ3) is 4.81. The topological polar surface area (TPSA) is 40.5 Å². The van der Waals surface area contributed by atoms with Crippen LogP contribution in [0.25, 0.3) is 6.08 Å². The highest BCUT2D eigenvalue weighted by Crippen LogP contribution is 2.47. The largest absolute Gasteiger partial charge is 0.425 e. The summed E-state index contributed by atoms with van der Waals surface area (Å²) >= 11 is 0. The van der Waals surface area contributed by atoms with Crippen molar-refractivity contribution in [3.63, 3.8) is 0 Å². The second-order valence-corrected chi connectivity index (χ2v) is 7.12. The number of alkyl halides is 3. The van der Waals surface area contributed by atoms with E-state index >= 15 is 0 Å². The summed E-state index contributed by atoms with van der Waals surface area (Å²) in [7, 11) is 0. The molecule has 0 saturated heterocycles. The molecular formula is C25H23F3O2. The molecule has 0 bridgehead atoms. The summed E-state index contributed by atoms with van der Waals surface area (Å²) in [6.07, 6.45) is -4.63. The first-order valence-electron chi connectivity index (χ1n) is 9.66. The molecule has 156 valence electrons. The van der Waals surface area contributed by atoms with Gasteiger partial charge in [0.05, 0.1) is 6.10 Å². The van der Waals surface area contributed by atoms with E-state index in [1.54, 1.807) is 66.7 Å². The second kappa shape index (κ2) is 9.28. The van der Waals surface area contributed by atoms with Crippen molar-refractivity contribution in [1.82, 2.24) is 0 Å². The molecule has 0 aromatic heterocycles. The van der Waals surface area contributed by atoms with Crippen LogP contribution >= 0.6 is 0 Å². The van der Waals surface area contributed by atoms with E-state index in [1.807, 2.05) is 0 Å². The summed E-state index contributed by atoms with van der Waals surface area (Å²) in [5.41, 5.74) is -2.48. The predicted octanol–water partition coefficient (Wildman–Crippen LogP) is 6.03. The van der Waals surface area contributed by atoms with Crippen molar-refractivity contribution in [2.24, 2.45) is 0 Å². The SMILES string of the molecule is O[C@@H](CC/C(=C\c1ccccc1)[C@@](O)(c1ccccc1)C(F)(F)F)c1ccccc1. The van der Waals surface area contributed by atoms with Gasteiger partial charge in [0.1, 0.15) is 0 Å². The first-order chi connectivity index (χ1) is 14.3. The summed E-state index contributed by atoms with van der Waals surface area (Å²) in [6.45, 7) is 0. The summed E-state index contributed by atoms with van der Waals surface area (Å²) in [4.78, 5) is 0. The molecule has 0 aliphatic heterocycles. The Bertz CT molecular complexity index is 954. The monoisotopic (exact) mass is 412 g/mol. The second-order valence-electron chi connectivity index (χ2n) is 7.12. The molecule has 0 aliphatic rings. The molecule has 0 amide bonds. The molecule has 0 saturated carbocycles. The number of aliphatic hydroxyl groups is 2. The fraction of sp³-hybridized carbons (Fsp3) is 0.200. The van der Waals surface area contributed by atoms with Gasteiger partial charge in [0.2, 0.25) is 5.60 Å². The van der Waals surface area contributed by atoms with Crippen LogP contribution < -0.4 is 0 Å². The maximum atomic E-state index is 14.2. The Kier molecular flexibility index (Phi) is 6.75. The molecule has 2 atom stereocenters. The summed E-state index contributed by atoms with van der Waals surface area (Å²) in [5, 5.41) is 21.5. The van der Waals surface area contributed by atoms with E-state index in [0.29, 0.717) is 11.1 Å². The van der Waals surface area contributed by atoms with E-state index in [4.69, 9.17) is 0 Å². The molecule has 2 N–H and O–H groups in total. The fourth-order valence-corrected chi connectivity index (χ4v) is 3.45. The van der Waals surface area contributed by atoms with Gasteiger partial charge in [-0.1, -0.05) is 97.1 Å². The summed E-state index contributed by atoms with van der Waals surface area (Å²) in [6, 6.07) is 24.4. The van der Waals surface area contributed by atoms with E-state index in [2.05, 4.69) is 0 Å². The molecule has 0 fully saturated rings. The minimum absolute atomic E-state index is 0.0356. The van der Waals surface area contributed by atoms with Crippen molar-refractivity contribution in [1.29, 1.82) is 0 Å². The minimum atomic E-state index is -4.94. The van der Waals surface area contributed by atoms with Gasteiger partial charge in [0.15, 0.2) is 0 Å². The molecule has 0 aliphatic carbocycles. The van der Waals surface area contributed by atoms with Gasteiger partial charge in [-0.25, -0.2) is 0 Å². The van der Waals surface area contributed by atoms with E-state index < -0.39 is 17.9 Å². The Morgan fingerprint density at radius 3 is 1.83 bits per heavy atom. The van der Waals surface area contributed by atoms with Crippen LogP contribution in [-0.4, -0.2) is 16.4 Å². The van der Waals surface area contributed by atoms with Crippen LogP contribution in [0.1, 0.15) is 35.6 Å². The zero-order chi connectivity index (χ0) is 21.6. The van der Waals surface area contributed by atoms with Gasteiger partial charge in [0, 0.05) is 0 Å². The Balaban J connectivity index is 2.02. The van der Waals surface area contributed by atoms with Crippen molar-refractivity contribution < 1.29 is 23.4 Å². The molecule has 30 heavy (non-hydrogen) atoms. The lowest BCUT2D eigenvalue weighted by atomic mass is 9.81. The Morgan fingerprint density at radius 2 is 1.30 bits per heavy atom. The van der Waals surface area contributed by atoms with Gasteiger partial charge in [-0.3, -0.25) is 0 Å². The zero-order valence-electron chi connectivity index (χ0n) is 16.3. The quantitative estimate of drug-likeness (QED) is 0.497. The van der Waals surface area contributed by atoms with E-state index in [9.17, 15) is 23.4 Å². The van der Waals surface area contributed by atoms with Gasteiger partial charge in [-0.15, -0.1) is 0 Å². The molecular weight excluding hydrogens is 389 g/mol. The maximum absolute atomic E-state index is 14.2. The first-order valence-corrected chi connectivity index (χ1v) is 9.66. The molecule has 0 unspecified atom stereocenters. The Morgan fingerprint density at radius 1 is 0.800 bits per heavy atom. The van der Waals surface area contributed by atoms with Gasteiger partial charge in [-0.05, 0) is 35.1 Å². The van der Waals surface area contributed by atoms with E-state index in [0.717, 1.165) is 0 Å². The molecule has 0 spiro atoms. The zero-order valence-corrected chi connectivity index (χ0v) is 16.3. The van der Waals surface area contributed by atoms with Gasteiger partial charge < -0.3 is 10.2 Å². The third-order valence-corrected chi connectivity index (χ3v) is 5.08. The van der Waals surface area contributed by atoms with Crippen molar-refractivity contribution in [2.75, 3.05) is 0 Å². The average molecular weight is 412 g/mol. The van der Waals surface area contributed by atoms with E-state index in [1.165, 1.54) is 30.3 Å². The molecule has 5 heteroatoms. The lowest BCUT2D eigenvalue weighted by Gasteiger charge is -2.34. The van der Waals surface area contributed by atoms with Crippen molar-refractivity contribution in [3.05, 3.63) is 113 Å². The molecule has 0 radical (unpaired) electrons. The smallest absolute Gasteiger partial charge is 0.388 e. The predicted molar refractivity (Wildman–Crippen MR) is 111 cm³/mol. The Labute approximate surface area is 173 Å². The van der Waals surface area contributed by atoms with E-state index in [-0.39, 0.29) is 24.0 Å². The van der Waals surface area contributed by atoms with Crippen molar-refractivity contribution in [2.45, 2.75) is 30.7 Å². The number of benzene rings is 3. The standard InChI is InChI=1S/C25H23F3O2/c26-25(27,28)24(30,21-14-8-3-9-15-21)22(18-19-10-4-1-5-11-19)16-17-23(29)20-12-6-2-7-13-20/h1-15,18,23,29-30H,16-17H2/b22-18+/t23-,24-/m0/s1. The molecule has 3 aromatic carbocycles. The minimum Gasteiger partial charge on any atom is -0.388 e. The van der Waals surface area contributed by atoms with Crippen molar-refractivity contribution in [3.8, 4) is 0 Å². The average Bonchev–Trinajstić information content (AvgIpc) is 2.77. The lowest BCUT2D eigenvalue weighted by molar-refractivity contribution is -0.250. The van der Waals surface area contributed by atoms with Crippen molar-refractivity contribution >= 4 is 6.08 Å². The van der Waals surface area contributed by atoms with Gasteiger partial charge >= 0.3 is 6.18 Å². The van der Waals surface area contributed by atoms with Crippen LogP contribution in [0.4, 0.5) is 13.2 Å². The highest BCUT2D eigenvalue weighted by atomic mass is 19.4. The highest BCUT2D eigenvalue weighted by Gasteiger charge is 2.57.